The molecular weight excluding hydrogens is 321 g/mol. The molecule has 0 amide bonds. The zero-order valence-electron chi connectivity index (χ0n) is 15.3. The van der Waals surface area contributed by atoms with Crippen LogP contribution in [-0.4, -0.2) is 6.21 Å². The van der Waals surface area contributed by atoms with Gasteiger partial charge in [0, 0.05) is 16.8 Å². The average Bonchev–Trinajstić information content (AvgIpc) is 3.07. The van der Waals surface area contributed by atoms with Crippen molar-refractivity contribution in [3.05, 3.63) is 60.7 Å². The SMILES string of the molecule is CC1CCCC1CCCC/C=N/P(c1ccccc1)c1ccccc1. The topological polar surface area (TPSA) is 12.4 Å². The van der Waals surface area contributed by atoms with E-state index in [9.17, 15) is 0 Å². The molecule has 0 saturated heterocycles. The molecule has 2 atom stereocenters. The highest BCUT2D eigenvalue weighted by molar-refractivity contribution is 7.71. The third-order valence-corrected chi connectivity index (χ3v) is 7.36. The zero-order chi connectivity index (χ0) is 17.3. The fourth-order valence-electron chi connectivity index (χ4n) is 3.85. The Morgan fingerprint density at radius 3 is 2.12 bits per heavy atom. The van der Waals surface area contributed by atoms with E-state index < -0.39 is 8.07 Å². The minimum atomic E-state index is -0.618. The summed E-state index contributed by atoms with van der Waals surface area (Å²) in [6.07, 6.45) is 11.7. The Hall–Kier alpha value is -1.46. The Labute approximate surface area is 154 Å². The summed E-state index contributed by atoms with van der Waals surface area (Å²) in [5, 5.41) is 2.67. The maximum atomic E-state index is 4.99. The third kappa shape index (κ3) is 5.51. The summed E-state index contributed by atoms with van der Waals surface area (Å²) in [6, 6.07) is 21.4. The van der Waals surface area contributed by atoms with Crippen LogP contribution in [0, 0.1) is 11.8 Å². The van der Waals surface area contributed by atoms with Gasteiger partial charge in [-0.15, -0.1) is 0 Å². The first-order valence-electron chi connectivity index (χ1n) is 9.77. The molecule has 1 nitrogen and oxygen atoms in total. The second-order valence-electron chi connectivity index (χ2n) is 7.23. The number of hydrogen-bond donors (Lipinski definition) is 0. The Bertz CT molecular complexity index is 598. The van der Waals surface area contributed by atoms with Crippen molar-refractivity contribution in [1.82, 2.24) is 0 Å². The molecule has 3 rings (SSSR count). The summed E-state index contributed by atoms with van der Waals surface area (Å²) in [5.41, 5.74) is 0. The third-order valence-electron chi connectivity index (χ3n) is 5.40. The van der Waals surface area contributed by atoms with Crippen molar-refractivity contribution in [2.24, 2.45) is 16.6 Å². The Balaban J connectivity index is 1.53. The van der Waals surface area contributed by atoms with Crippen molar-refractivity contribution < 1.29 is 0 Å². The predicted molar refractivity (Wildman–Crippen MR) is 113 cm³/mol. The molecule has 0 aromatic heterocycles. The van der Waals surface area contributed by atoms with Crippen LogP contribution in [0.4, 0.5) is 0 Å². The molecule has 0 heterocycles. The van der Waals surface area contributed by atoms with Crippen LogP contribution >= 0.6 is 8.07 Å². The van der Waals surface area contributed by atoms with Crippen LogP contribution < -0.4 is 10.6 Å². The van der Waals surface area contributed by atoms with E-state index in [1.807, 2.05) is 0 Å². The summed E-state index contributed by atoms with van der Waals surface area (Å²) < 4.78 is 4.99. The molecule has 1 saturated carbocycles. The molecule has 0 spiro atoms. The van der Waals surface area contributed by atoms with Gasteiger partial charge in [-0.3, -0.25) is 4.76 Å². The van der Waals surface area contributed by atoms with Crippen molar-refractivity contribution in [1.29, 1.82) is 0 Å². The molecule has 0 bridgehead atoms. The van der Waals surface area contributed by atoms with Gasteiger partial charge in [0.15, 0.2) is 0 Å². The minimum absolute atomic E-state index is 0.618. The first-order valence-corrected chi connectivity index (χ1v) is 11.1. The van der Waals surface area contributed by atoms with Gasteiger partial charge in [-0.1, -0.05) is 99.7 Å². The number of benzene rings is 2. The standard InChI is InChI=1S/C23H30NP/c1-20-12-11-14-21(20)13-5-4-10-19-24-25(22-15-6-2-7-16-22)23-17-8-3-9-18-23/h2-3,6-9,15-21H,4-5,10-14H2,1H3/b24-19+. The summed E-state index contributed by atoms with van der Waals surface area (Å²) in [4.78, 5) is 0. The fourth-order valence-corrected chi connectivity index (χ4v) is 5.61. The van der Waals surface area contributed by atoms with Gasteiger partial charge in [0.05, 0.1) is 8.07 Å². The van der Waals surface area contributed by atoms with Crippen LogP contribution in [0.2, 0.25) is 0 Å². The molecule has 1 aliphatic carbocycles. The first kappa shape index (κ1) is 18.3. The van der Waals surface area contributed by atoms with Gasteiger partial charge in [-0.25, -0.2) is 0 Å². The molecule has 2 heteroatoms. The summed E-state index contributed by atoms with van der Waals surface area (Å²) in [5.74, 6) is 1.94. The Kier molecular flexibility index (Phi) is 7.24. The van der Waals surface area contributed by atoms with Crippen LogP contribution in [0.3, 0.4) is 0 Å². The van der Waals surface area contributed by atoms with E-state index in [-0.39, 0.29) is 0 Å². The molecule has 25 heavy (non-hydrogen) atoms. The van der Waals surface area contributed by atoms with Crippen molar-refractivity contribution in [3.8, 4) is 0 Å². The molecule has 0 N–H and O–H groups in total. The number of nitrogens with zero attached hydrogens (tertiary/aromatic N) is 1. The predicted octanol–water partition coefficient (Wildman–Crippen LogP) is 6.10. The lowest BCUT2D eigenvalue weighted by Gasteiger charge is -2.14. The normalized spacial score (nSPS) is 20.6. The number of unbranched alkanes of at least 4 members (excludes halogenated alkanes) is 2. The van der Waals surface area contributed by atoms with Gasteiger partial charge in [-0.2, -0.15) is 0 Å². The van der Waals surface area contributed by atoms with Gasteiger partial charge in [0.25, 0.3) is 0 Å². The van der Waals surface area contributed by atoms with Crippen LogP contribution in [0.1, 0.15) is 51.9 Å². The van der Waals surface area contributed by atoms with Gasteiger partial charge in [0.1, 0.15) is 0 Å². The minimum Gasteiger partial charge on any atom is -0.264 e. The quantitative estimate of drug-likeness (QED) is 0.309. The average molecular weight is 351 g/mol. The smallest absolute Gasteiger partial charge is 0.0775 e. The summed E-state index contributed by atoms with van der Waals surface area (Å²) in [7, 11) is -0.618. The molecule has 2 aromatic rings. The van der Waals surface area contributed by atoms with Gasteiger partial charge in [0.2, 0.25) is 0 Å². The second kappa shape index (κ2) is 9.88. The van der Waals surface area contributed by atoms with Crippen molar-refractivity contribution in [2.45, 2.75) is 51.9 Å². The monoisotopic (exact) mass is 351 g/mol. The second-order valence-corrected chi connectivity index (χ2v) is 9.12. The van der Waals surface area contributed by atoms with Crippen molar-refractivity contribution in [2.75, 3.05) is 0 Å². The maximum absolute atomic E-state index is 4.99. The van der Waals surface area contributed by atoms with Gasteiger partial charge < -0.3 is 0 Å². The largest absolute Gasteiger partial charge is 0.264 e. The lowest BCUT2D eigenvalue weighted by molar-refractivity contribution is 0.379. The Morgan fingerprint density at radius 2 is 1.56 bits per heavy atom. The lowest BCUT2D eigenvalue weighted by Crippen LogP contribution is -2.09. The molecule has 132 valence electrons. The van der Waals surface area contributed by atoms with Gasteiger partial charge >= 0.3 is 0 Å². The highest BCUT2D eigenvalue weighted by Crippen LogP contribution is 2.36. The van der Waals surface area contributed by atoms with Crippen molar-refractivity contribution in [3.63, 3.8) is 0 Å². The molecule has 2 unspecified atom stereocenters. The van der Waals surface area contributed by atoms with Crippen LogP contribution in [0.5, 0.6) is 0 Å². The summed E-state index contributed by atoms with van der Waals surface area (Å²) in [6.45, 7) is 2.44. The molecule has 0 aliphatic heterocycles. The fraction of sp³-hybridized carbons (Fsp3) is 0.435. The molecule has 0 radical (unpaired) electrons. The van der Waals surface area contributed by atoms with Crippen LogP contribution in [0.25, 0.3) is 0 Å². The van der Waals surface area contributed by atoms with E-state index >= 15 is 0 Å². The summed E-state index contributed by atoms with van der Waals surface area (Å²) >= 11 is 0. The Morgan fingerprint density at radius 1 is 0.920 bits per heavy atom. The molecule has 1 fully saturated rings. The van der Waals surface area contributed by atoms with Crippen LogP contribution in [0.15, 0.2) is 65.4 Å². The van der Waals surface area contributed by atoms with E-state index in [1.54, 1.807) is 0 Å². The van der Waals surface area contributed by atoms with E-state index in [0.29, 0.717) is 0 Å². The van der Waals surface area contributed by atoms with Crippen LogP contribution in [-0.2, 0) is 0 Å². The maximum Gasteiger partial charge on any atom is 0.0775 e. The highest BCUT2D eigenvalue weighted by atomic mass is 31.1. The van der Waals surface area contributed by atoms with E-state index in [0.717, 1.165) is 18.3 Å². The highest BCUT2D eigenvalue weighted by Gasteiger charge is 2.22. The molecular formula is C23H30NP. The van der Waals surface area contributed by atoms with E-state index in [2.05, 4.69) is 73.8 Å². The zero-order valence-corrected chi connectivity index (χ0v) is 16.2. The lowest BCUT2D eigenvalue weighted by atomic mass is 9.92. The number of rotatable bonds is 8. The number of hydrogen-bond acceptors (Lipinski definition) is 1. The van der Waals surface area contributed by atoms with Gasteiger partial charge in [-0.05, 0) is 24.7 Å². The van der Waals surface area contributed by atoms with Crippen molar-refractivity contribution >= 4 is 24.9 Å². The molecule has 2 aromatic carbocycles. The van der Waals surface area contributed by atoms with E-state index in [1.165, 1.54) is 49.1 Å². The van der Waals surface area contributed by atoms with E-state index in [4.69, 9.17) is 4.76 Å². The molecule has 1 aliphatic rings. The first-order chi connectivity index (χ1) is 12.3.